The predicted octanol–water partition coefficient (Wildman–Crippen LogP) is 2.86. The van der Waals surface area contributed by atoms with Gasteiger partial charge in [0.25, 0.3) is 0 Å². The van der Waals surface area contributed by atoms with Gasteiger partial charge in [-0.25, -0.2) is 9.18 Å². The molecule has 1 heterocycles. The maximum Gasteiger partial charge on any atom is 0.335 e. The summed E-state index contributed by atoms with van der Waals surface area (Å²) in [5, 5.41) is 11.3. The van der Waals surface area contributed by atoms with E-state index in [1.165, 1.54) is 0 Å². The van der Waals surface area contributed by atoms with E-state index in [9.17, 15) is 14.0 Å². The summed E-state index contributed by atoms with van der Waals surface area (Å²) in [6, 6.07) is 6.83. The van der Waals surface area contributed by atoms with Crippen LogP contribution in [0, 0.1) is 11.7 Å². The van der Waals surface area contributed by atoms with E-state index >= 15 is 0 Å². The third-order valence-electron chi connectivity index (χ3n) is 3.51. The molecule has 0 aliphatic heterocycles. The van der Waals surface area contributed by atoms with Crippen molar-refractivity contribution in [1.29, 1.82) is 0 Å². The van der Waals surface area contributed by atoms with Crippen molar-refractivity contribution < 1.29 is 23.5 Å². The lowest BCUT2D eigenvalue weighted by molar-refractivity contribution is -0.117. The maximum absolute atomic E-state index is 13.6. The van der Waals surface area contributed by atoms with Crippen LogP contribution in [0.4, 0.5) is 10.1 Å². The molecule has 1 amide bonds. The molecule has 108 valence electrons. The monoisotopic (exact) mass is 289 g/mol. The van der Waals surface area contributed by atoms with Crippen LogP contribution in [0.1, 0.15) is 28.5 Å². The molecule has 5 nitrogen and oxygen atoms in total. The van der Waals surface area contributed by atoms with Crippen molar-refractivity contribution in [3.8, 4) is 0 Å². The van der Waals surface area contributed by atoms with Crippen LogP contribution in [0.15, 0.2) is 41.0 Å². The van der Waals surface area contributed by atoms with Gasteiger partial charge in [0.2, 0.25) is 5.91 Å². The molecule has 2 aromatic rings. The largest absolute Gasteiger partial charge is 0.478 e. The van der Waals surface area contributed by atoms with Crippen LogP contribution < -0.4 is 5.32 Å². The molecule has 0 spiro atoms. The molecule has 1 aromatic heterocycles. The highest BCUT2D eigenvalue weighted by Crippen LogP contribution is 2.48. The zero-order valence-electron chi connectivity index (χ0n) is 10.9. The van der Waals surface area contributed by atoms with Crippen LogP contribution in [0.25, 0.3) is 0 Å². The summed E-state index contributed by atoms with van der Waals surface area (Å²) in [7, 11) is 0. The molecule has 0 unspecified atom stereocenters. The molecule has 6 heteroatoms. The van der Waals surface area contributed by atoms with Crippen molar-refractivity contribution in [3.05, 3.63) is 53.7 Å². The fourth-order valence-electron chi connectivity index (χ4n) is 2.28. The average Bonchev–Trinajstić information content (AvgIpc) is 3.07. The number of amides is 1. The number of hydrogen-bond acceptors (Lipinski definition) is 3. The Morgan fingerprint density at radius 3 is 2.81 bits per heavy atom. The summed E-state index contributed by atoms with van der Waals surface area (Å²) in [5.74, 6) is -1.71. The van der Waals surface area contributed by atoms with Gasteiger partial charge >= 0.3 is 5.97 Å². The number of nitrogens with one attached hydrogen (secondary N) is 1. The van der Waals surface area contributed by atoms with E-state index in [4.69, 9.17) is 9.52 Å². The predicted molar refractivity (Wildman–Crippen MR) is 71.5 cm³/mol. The number of carbonyl (C=O) groups is 2. The zero-order valence-corrected chi connectivity index (χ0v) is 10.9. The summed E-state index contributed by atoms with van der Waals surface area (Å²) in [5.41, 5.74) is -0.199. The van der Waals surface area contributed by atoms with E-state index in [-0.39, 0.29) is 29.0 Å². The van der Waals surface area contributed by atoms with E-state index in [2.05, 4.69) is 5.32 Å². The van der Waals surface area contributed by atoms with Crippen molar-refractivity contribution in [2.45, 2.75) is 12.3 Å². The number of carbonyl (C=O) groups excluding carboxylic acids is 1. The Balaban J connectivity index is 1.71. The van der Waals surface area contributed by atoms with Gasteiger partial charge in [-0.3, -0.25) is 4.79 Å². The smallest absolute Gasteiger partial charge is 0.335 e. The van der Waals surface area contributed by atoms with Crippen LogP contribution >= 0.6 is 0 Å². The molecule has 0 saturated heterocycles. The standard InChI is InChI=1S/C15H12FNO4/c16-11-4-3-8(15(19)20)6-12(11)17-14(18)10-7-9(10)13-2-1-5-21-13/h1-6,9-10H,7H2,(H,17,18)(H,19,20)/t9-,10+/m1/s1. The van der Waals surface area contributed by atoms with E-state index in [1.807, 2.05) is 0 Å². The Morgan fingerprint density at radius 2 is 2.14 bits per heavy atom. The topological polar surface area (TPSA) is 79.5 Å². The Labute approximate surface area is 119 Å². The summed E-state index contributed by atoms with van der Waals surface area (Å²) in [6.45, 7) is 0. The number of carboxylic acid groups (broad SMARTS) is 1. The molecular weight excluding hydrogens is 277 g/mol. The first-order valence-electron chi connectivity index (χ1n) is 6.43. The van der Waals surface area contributed by atoms with Crippen LogP contribution in [0.3, 0.4) is 0 Å². The van der Waals surface area contributed by atoms with E-state index in [0.717, 1.165) is 24.0 Å². The van der Waals surface area contributed by atoms with Gasteiger partial charge in [0.1, 0.15) is 11.6 Å². The zero-order chi connectivity index (χ0) is 15.0. The quantitative estimate of drug-likeness (QED) is 0.907. The molecular formula is C15H12FNO4. The molecule has 1 aliphatic carbocycles. The van der Waals surface area contributed by atoms with Crippen LogP contribution in [-0.2, 0) is 4.79 Å². The molecule has 1 aromatic carbocycles. The fraction of sp³-hybridized carbons (Fsp3) is 0.200. The first kappa shape index (κ1) is 13.4. The van der Waals surface area contributed by atoms with Crippen LogP contribution in [0.2, 0.25) is 0 Å². The van der Waals surface area contributed by atoms with E-state index in [1.54, 1.807) is 18.4 Å². The van der Waals surface area contributed by atoms with E-state index in [0.29, 0.717) is 6.42 Å². The molecule has 1 saturated carbocycles. The number of halogens is 1. The lowest BCUT2D eigenvalue weighted by atomic mass is 10.2. The van der Waals surface area contributed by atoms with Gasteiger partial charge in [-0.2, -0.15) is 0 Å². The van der Waals surface area contributed by atoms with Gasteiger partial charge in [0.15, 0.2) is 0 Å². The van der Waals surface area contributed by atoms with Gasteiger partial charge in [0.05, 0.1) is 17.5 Å². The number of furan rings is 1. The van der Waals surface area contributed by atoms with Gasteiger partial charge in [0, 0.05) is 11.8 Å². The molecule has 3 rings (SSSR count). The first-order valence-corrected chi connectivity index (χ1v) is 6.43. The SMILES string of the molecule is O=C(O)c1ccc(F)c(NC(=O)[C@H]2C[C@H]2c2ccco2)c1. The number of aromatic carboxylic acids is 1. The van der Waals surface area contributed by atoms with Gasteiger partial charge in [-0.15, -0.1) is 0 Å². The molecule has 1 aliphatic rings. The van der Waals surface area contributed by atoms with Gasteiger partial charge < -0.3 is 14.8 Å². The number of rotatable bonds is 4. The van der Waals surface area contributed by atoms with Crippen LogP contribution in [0.5, 0.6) is 0 Å². The Bertz CT molecular complexity index is 696. The summed E-state index contributed by atoms with van der Waals surface area (Å²) < 4.78 is 18.9. The van der Waals surface area contributed by atoms with Crippen molar-refractivity contribution in [1.82, 2.24) is 0 Å². The third-order valence-corrected chi connectivity index (χ3v) is 3.51. The molecule has 2 atom stereocenters. The second-order valence-electron chi connectivity index (χ2n) is 4.95. The van der Waals surface area contributed by atoms with Crippen LogP contribution in [-0.4, -0.2) is 17.0 Å². The Kier molecular flexibility index (Phi) is 3.21. The number of benzene rings is 1. The van der Waals surface area contributed by atoms with Crippen molar-refractivity contribution in [2.24, 2.45) is 5.92 Å². The molecule has 2 N–H and O–H groups in total. The molecule has 1 fully saturated rings. The first-order chi connectivity index (χ1) is 10.1. The Hall–Kier alpha value is -2.63. The average molecular weight is 289 g/mol. The molecule has 0 bridgehead atoms. The second-order valence-corrected chi connectivity index (χ2v) is 4.95. The van der Waals surface area contributed by atoms with Crippen molar-refractivity contribution in [2.75, 3.05) is 5.32 Å². The Morgan fingerprint density at radius 1 is 1.33 bits per heavy atom. The van der Waals surface area contributed by atoms with E-state index < -0.39 is 11.8 Å². The normalized spacial score (nSPS) is 20.0. The minimum absolute atomic E-state index is 0.00529. The maximum atomic E-state index is 13.6. The summed E-state index contributed by atoms with van der Waals surface area (Å²) >= 11 is 0. The fourth-order valence-corrected chi connectivity index (χ4v) is 2.28. The minimum Gasteiger partial charge on any atom is -0.478 e. The lowest BCUT2D eigenvalue weighted by Gasteiger charge is -2.07. The number of carboxylic acids is 1. The number of anilines is 1. The second kappa shape index (κ2) is 5.05. The molecule has 21 heavy (non-hydrogen) atoms. The van der Waals surface area contributed by atoms with Crippen molar-refractivity contribution in [3.63, 3.8) is 0 Å². The lowest BCUT2D eigenvalue weighted by Crippen LogP contribution is -2.16. The van der Waals surface area contributed by atoms with Crippen molar-refractivity contribution >= 4 is 17.6 Å². The minimum atomic E-state index is -1.18. The highest BCUT2D eigenvalue weighted by Gasteiger charge is 2.46. The van der Waals surface area contributed by atoms with Gasteiger partial charge in [-0.1, -0.05) is 0 Å². The highest BCUT2D eigenvalue weighted by atomic mass is 19.1. The third kappa shape index (κ3) is 2.65. The summed E-state index contributed by atoms with van der Waals surface area (Å²) in [4.78, 5) is 22.9. The molecule has 0 radical (unpaired) electrons. The number of hydrogen-bond donors (Lipinski definition) is 2. The summed E-state index contributed by atoms with van der Waals surface area (Å²) in [6.07, 6.45) is 2.18. The highest BCUT2D eigenvalue weighted by molar-refractivity contribution is 5.97. The van der Waals surface area contributed by atoms with Gasteiger partial charge in [-0.05, 0) is 36.8 Å².